The SMILES string of the molecule is CCCCCCC(CCl)OC(C)=O. The molecule has 0 spiro atoms. The lowest BCUT2D eigenvalue weighted by Gasteiger charge is -2.13. The molecule has 0 aliphatic rings. The third-order valence-corrected chi connectivity index (χ3v) is 2.23. The first-order valence-corrected chi connectivity index (χ1v) is 5.47. The normalized spacial score (nSPS) is 12.5. The Morgan fingerprint density at radius 1 is 1.38 bits per heavy atom. The van der Waals surface area contributed by atoms with Gasteiger partial charge in [-0.15, -0.1) is 11.6 Å². The van der Waals surface area contributed by atoms with E-state index >= 15 is 0 Å². The summed E-state index contributed by atoms with van der Waals surface area (Å²) in [6.45, 7) is 3.59. The van der Waals surface area contributed by atoms with Gasteiger partial charge in [0, 0.05) is 6.92 Å². The Morgan fingerprint density at radius 3 is 2.54 bits per heavy atom. The summed E-state index contributed by atoms with van der Waals surface area (Å²) in [7, 11) is 0. The molecule has 0 bridgehead atoms. The van der Waals surface area contributed by atoms with Crippen molar-refractivity contribution in [2.24, 2.45) is 0 Å². The lowest BCUT2D eigenvalue weighted by atomic mass is 10.1. The second-order valence-electron chi connectivity index (χ2n) is 3.24. The third kappa shape index (κ3) is 8.10. The Labute approximate surface area is 85.6 Å². The van der Waals surface area contributed by atoms with Crippen LogP contribution in [0, 0.1) is 0 Å². The van der Waals surface area contributed by atoms with E-state index < -0.39 is 0 Å². The summed E-state index contributed by atoms with van der Waals surface area (Å²) < 4.78 is 5.01. The van der Waals surface area contributed by atoms with Crippen molar-refractivity contribution in [1.29, 1.82) is 0 Å². The van der Waals surface area contributed by atoms with Gasteiger partial charge >= 0.3 is 5.97 Å². The minimum absolute atomic E-state index is 0.0870. The van der Waals surface area contributed by atoms with Crippen molar-refractivity contribution in [2.75, 3.05) is 5.88 Å². The minimum atomic E-state index is -0.235. The second kappa shape index (κ2) is 8.36. The highest BCUT2D eigenvalue weighted by Crippen LogP contribution is 2.09. The molecule has 1 unspecified atom stereocenters. The number of carbonyl (C=O) groups excluding carboxylic acids is 1. The summed E-state index contributed by atoms with van der Waals surface area (Å²) in [5.74, 6) is 0.173. The van der Waals surface area contributed by atoms with E-state index in [2.05, 4.69) is 6.92 Å². The van der Waals surface area contributed by atoms with Gasteiger partial charge in [0.05, 0.1) is 5.88 Å². The summed E-state index contributed by atoms with van der Waals surface area (Å²) in [4.78, 5) is 10.6. The average Bonchev–Trinajstić information content (AvgIpc) is 2.09. The highest BCUT2D eigenvalue weighted by Gasteiger charge is 2.09. The Morgan fingerprint density at radius 2 is 2.08 bits per heavy atom. The molecule has 0 aliphatic heterocycles. The molecule has 3 heteroatoms. The van der Waals surface area contributed by atoms with Crippen LogP contribution in [0.1, 0.15) is 46.0 Å². The zero-order valence-corrected chi connectivity index (χ0v) is 9.27. The summed E-state index contributed by atoms with van der Waals surface area (Å²) in [5.41, 5.74) is 0. The molecule has 0 fully saturated rings. The largest absolute Gasteiger partial charge is 0.461 e. The molecule has 0 heterocycles. The van der Waals surface area contributed by atoms with Gasteiger partial charge in [0.15, 0.2) is 0 Å². The Hall–Kier alpha value is -0.240. The molecular weight excluding hydrogens is 188 g/mol. The van der Waals surface area contributed by atoms with Gasteiger partial charge in [-0.25, -0.2) is 0 Å². The summed E-state index contributed by atoms with van der Waals surface area (Å²) in [6, 6.07) is 0. The first-order chi connectivity index (χ1) is 6.20. The lowest BCUT2D eigenvalue weighted by molar-refractivity contribution is -0.145. The van der Waals surface area contributed by atoms with Gasteiger partial charge in [0.2, 0.25) is 0 Å². The number of halogens is 1. The zero-order valence-electron chi connectivity index (χ0n) is 8.51. The zero-order chi connectivity index (χ0) is 10.1. The number of rotatable bonds is 7. The third-order valence-electron chi connectivity index (χ3n) is 1.88. The maximum Gasteiger partial charge on any atom is 0.302 e. The second-order valence-corrected chi connectivity index (χ2v) is 3.54. The number of carbonyl (C=O) groups is 1. The number of hydrogen-bond acceptors (Lipinski definition) is 2. The fourth-order valence-corrected chi connectivity index (χ4v) is 1.42. The number of ether oxygens (including phenoxy) is 1. The number of alkyl halides is 1. The van der Waals surface area contributed by atoms with E-state index in [1.165, 1.54) is 26.2 Å². The highest BCUT2D eigenvalue weighted by atomic mass is 35.5. The molecule has 0 aromatic heterocycles. The van der Waals surface area contributed by atoms with Crippen LogP contribution < -0.4 is 0 Å². The molecule has 0 saturated heterocycles. The van der Waals surface area contributed by atoms with Crippen LogP contribution in [0.4, 0.5) is 0 Å². The maximum absolute atomic E-state index is 10.6. The Kier molecular flexibility index (Phi) is 8.21. The minimum Gasteiger partial charge on any atom is -0.461 e. The van der Waals surface area contributed by atoms with Crippen LogP contribution >= 0.6 is 11.6 Å². The van der Waals surface area contributed by atoms with Crippen molar-refractivity contribution < 1.29 is 9.53 Å². The van der Waals surface area contributed by atoms with E-state index in [1.54, 1.807) is 0 Å². The summed E-state index contributed by atoms with van der Waals surface area (Å²) >= 11 is 5.65. The van der Waals surface area contributed by atoms with Gasteiger partial charge in [-0.3, -0.25) is 4.79 Å². The molecule has 0 N–H and O–H groups in total. The topological polar surface area (TPSA) is 26.3 Å². The van der Waals surface area contributed by atoms with Crippen LogP contribution in [-0.4, -0.2) is 18.0 Å². The molecule has 13 heavy (non-hydrogen) atoms. The van der Waals surface area contributed by atoms with E-state index in [9.17, 15) is 4.79 Å². The predicted octanol–water partition coefficient (Wildman–Crippen LogP) is 3.13. The molecule has 1 atom stereocenters. The van der Waals surface area contributed by atoms with Crippen molar-refractivity contribution in [3.8, 4) is 0 Å². The van der Waals surface area contributed by atoms with Crippen LogP contribution in [0.3, 0.4) is 0 Å². The molecule has 0 amide bonds. The Balaban J connectivity index is 3.42. The molecule has 0 aromatic rings. The molecule has 0 rings (SSSR count). The standard InChI is InChI=1S/C10H19ClO2/c1-3-4-5-6-7-10(8-11)13-9(2)12/h10H,3-8H2,1-2H3. The van der Waals surface area contributed by atoms with E-state index in [0.29, 0.717) is 5.88 Å². The molecule has 0 radical (unpaired) electrons. The molecule has 78 valence electrons. The Bertz CT molecular complexity index is 137. The van der Waals surface area contributed by atoms with Crippen LogP contribution in [0.5, 0.6) is 0 Å². The van der Waals surface area contributed by atoms with Gasteiger partial charge in [-0.05, 0) is 12.8 Å². The van der Waals surface area contributed by atoms with Gasteiger partial charge in [0.25, 0.3) is 0 Å². The van der Waals surface area contributed by atoms with Crippen LogP contribution in [-0.2, 0) is 9.53 Å². The van der Waals surface area contributed by atoms with E-state index in [0.717, 1.165) is 12.8 Å². The van der Waals surface area contributed by atoms with E-state index in [1.807, 2.05) is 0 Å². The van der Waals surface area contributed by atoms with Crippen LogP contribution in [0.25, 0.3) is 0 Å². The quantitative estimate of drug-likeness (QED) is 0.364. The van der Waals surface area contributed by atoms with Crippen LogP contribution in [0.2, 0.25) is 0 Å². The van der Waals surface area contributed by atoms with Crippen molar-refractivity contribution in [1.82, 2.24) is 0 Å². The van der Waals surface area contributed by atoms with Gasteiger partial charge < -0.3 is 4.74 Å². The van der Waals surface area contributed by atoms with Crippen molar-refractivity contribution in [2.45, 2.75) is 52.1 Å². The predicted molar refractivity (Wildman–Crippen MR) is 55.0 cm³/mol. The van der Waals surface area contributed by atoms with Gasteiger partial charge in [-0.1, -0.05) is 26.2 Å². The van der Waals surface area contributed by atoms with Gasteiger partial charge in [-0.2, -0.15) is 0 Å². The molecule has 2 nitrogen and oxygen atoms in total. The number of unbranched alkanes of at least 4 members (excludes halogenated alkanes) is 3. The monoisotopic (exact) mass is 206 g/mol. The fourth-order valence-electron chi connectivity index (χ4n) is 1.20. The number of hydrogen-bond donors (Lipinski definition) is 0. The lowest BCUT2D eigenvalue weighted by Crippen LogP contribution is -2.17. The molecule has 0 saturated carbocycles. The highest BCUT2D eigenvalue weighted by molar-refractivity contribution is 6.18. The average molecular weight is 207 g/mol. The maximum atomic E-state index is 10.6. The number of esters is 1. The smallest absolute Gasteiger partial charge is 0.302 e. The van der Waals surface area contributed by atoms with Crippen molar-refractivity contribution in [3.05, 3.63) is 0 Å². The van der Waals surface area contributed by atoms with Crippen molar-refractivity contribution >= 4 is 17.6 Å². The molecule has 0 aromatic carbocycles. The molecule has 0 aliphatic carbocycles. The van der Waals surface area contributed by atoms with Gasteiger partial charge in [0.1, 0.15) is 6.10 Å². The van der Waals surface area contributed by atoms with Crippen molar-refractivity contribution in [3.63, 3.8) is 0 Å². The summed E-state index contributed by atoms with van der Waals surface area (Å²) in [5, 5.41) is 0. The molecular formula is C10H19ClO2. The van der Waals surface area contributed by atoms with Crippen LogP contribution in [0.15, 0.2) is 0 Å². The summed E-state index contributed by atoms with van der Waals surface area (Å²) in [6.07, 6.45) is 5.57. The fraction of sp³-hybridized carbons (Fsp3) is 0.900. The van der Waals surface area contributed by atoms with E-state index in [-0.39, 0.29) is 12.1 Å². The first kappa shape index (κ1) is 12.8. The first-order valence-electron chi connectivity index (χ1n) is 4.93. The van der Waals surface area contributed by atoms with E-state index in [4.69, 9.17) is 16.3 Å².